The predicted molar refractivity (Wildman–Crippen MR) is 45.6 cm³/mol. The average molecular weight is 194 g/mol. The Morgan fingerprint density at radius 1 is 1.57 bits per heavy atom. The lowest BCUT2D eigenvalue weighted by atomic mass is 10.2. The van der Waals surface area contributed by atoms with E-state index in [9.17, 15) is 4.79 Å². The van der Waals surface area contributed by atoms with Gasteiger partial charge in [-0.2, -0.15) is 0 Å². The summed E-state index contributed by atoms with van der Waals surface area (Å²) in [5.41, 5.74) is 5.21. The number of hydrogen-bond donors (Lipinski definition) is 2. The zero-order valence-corrected chi connectivity index (χ0v) is 6.93. The van der Waals surface area contributed by atoms with Gasteiger partial charge < -0.3 is 19.8 Å². The van der Waals surface area contributed by atoms with Gasteiger partial charge in [0.05, 0.1) is 6.26 Å². The molecule has 0 aliphatic heterocycles. The van der Waals surface area contributed by atoms with E-state index in [-0.39, 0.29) is 17.1 Å². The van der Waals surface area contributed by atoms with Crippen molar-refractivity contribution in [3.05, 3.63) is 24.0 Å². The van der Waals surface area contributed by atoms with Gasteiger partial charge in [0, 0.05) is 0 Å². The lowest BCUT2D eigenvalue weighted by Crippen LogP contribution is -2.00. The highest BCUT2D eigenvalue weighted by atomic mass is 16.5. The molecule has 0 aliphatic carbocycles. The van der Waals surface area contributed by atoms with Crippen LogP contribution in [-0.2, 0) is 0 Å². The Balaban J connectivity index is 2.60. The van der Waals surface area contributed by atoms with E-state index in [2.05, 4.69) is 9.68 Å². The largest absolute Gasteiger partial charge is 0.477 e. The van der Waals surface area contributed by atoms with E-state index in [0.29, 0.717) is 5.76 Å². The SMILES string of the molecule is Nc1onc(-c2ccco2)c1C(=O)O. The second kappa shape index (κ2) is 2.91. The van der Waals surface area contributed by atoms with E-state index in [0.717, 1.165) is 0 Å². The number of carboxylic acids is 1. The molecule has 3 N–H and O–H groups in total. The Hall–Kier alpha value is -2.24. The van der Waals surface area contributed by atoms with Gasteiger partial charge in [0.1, 0.15) is 0 Å². The summed E-state index contributed by atoms with van der Waals surface area (Å²) < 4.78 is 9.55. The van der Waals surface area contributed by atoms with Crippen LogP contribution in [0.4, 0.5) is 5.88 Å². The quantitative estimate of drug-likeness (QED) is 0.744. The Morgan fingerprint density at radius 2 is 2.36 bits per heavy atom. The van der Waals surface area contributed by atoms with Crippen LogP contribution in [0.3, 0.4) is 0 Å². The van der Waals surface area contributed by atoms with Gasteiger partial charge in [-0.1, -0.05) is 5.16 Å². The first-order chi connectivity index (χ1) is 6.70. The minimum absolute atomic E-state index is 0.0972. The summed E-state index contributed by atoms with van der Waals surface area (Å²) in [5, 5.41) is 12.3. The van der Waals surface area contributed by atoms with Gasteiger partial charge in [0.2, 0.25) is 5.88 Å². The maximum absolute atomic E-state index is 10.8. The number of rotatable bonds is 2. The molecule has 0 fully saturated rings. The van der Waals surface area contributed by atoms with Gasteiger partial charge in [-0.15, -0.1) is 0 Å². The molecule has 2 heterocycles. The highest BCUT2D eigenvalue weighted by Gasteiger charge is 2.23. The van der Waals surface area contributed by atoms with E-state index in [1.807, 2.05) is 0 Å². The minimum Gasteiger partial charge on any atom is -0.477 e. The van der Waals surface area contributed by atoms with Crippen LogP contribution >= 0.6 is 0 Å². The van der Waals surface area contributed by atoms with Gasteiger partial charge in [0.15, 0.2) is 17.0 Å². The van der Waals surface area contributed by atoms with Gasteiger partial charge in [0.25, 0.3) is 0 Å². The third-order valence-corrected chi connectivity index (χ3v) is 1.69. The molecule has 0 radical (unpaired) electrons. The van der Waals surface area contributed by atoms with Crippen LogP contribution in [0.1, 0.15) is 10.4 Å². The van der Waals surface area contributed by atoms with Crippen LogP contribution in [-0.4, -0.2) is 16.2 Å². The predicted octanol–water partition coefficient (Wildman–Crippen LogP) is 1.21. The minimum atomic E-state index is -1.20. The zero-order valence-electron chi connectivity index (χ0n) is 6.93. The van der Waals surface area contributed by atoms with E-state index >= 15 is 0 Å². The molecule has 0 amide bonds. The van der Waals surface area contributed by atoms with Crippen molar-refractivity contribution >= 4 is 11.9 Å². The van der Waals surface area contributed by atoms with Crippen molar-refractivity contribution in [3.63, 3.8) is 0 Å². The van der Waals surface area contributed by atoms with Gasteiger partial charge in [-0.25, -0.2) is 4.79 Å². The maximum Gasteiger partial charge on any atom is 0.343 e. The Labute approximate surface area is 77.9 Å². The smallest absolute Gasteiger partial charge is 0.343 e. The van der Waals surface area contributed by atoms with E-state index in [1.165, 1.54) is 6.26 Å². The Bertz CT molecular complexity index is 458. The fourth-order valence-corrected chi connectivity index (χ4v) is 1.09. The van der Waals surface area contributed by atoms with Gasteiger partial charge >= 0.3 is 5.97 Å². The molecule has 2 aromatic heterocycles. The van der Waals surface area contributed by atoms with Crippen molar-refractivity contribution in [1.29, 1.82) is 0 Å². The maximum atomic E-state index is 10.8. The molecule has 0 unspecified atom stereocenters. The molecule has 0 spiro atoms. The van der Waals surface area contributed by atoms with Crippen molar-refractivity contribution in [2.75, 3.05) is 5.73 Å². The van der Waals surface area contributed by atoms with Gasteiger partial charge in [-0.05, 0) is 12.1 Å². The van der Waals surface area contributed by atoms with Crippen LogP contribution in [0, 0.1) is 0 Å². The molecule has 0 aliphatic rings. The van der Waals surface area contributed by atoms with Crippen molar-refractivity contribution in [3.8, 4) is 11.5 Å². The number of carboxylic acid groups (broad SMARTS) is 1. The number of nitrogen functional groups attached to an aromatic ring is 1. The molecular formula is C8H6N2O4. The third-order valence-electron chi connectivity index (χ3n) is 1.69. The summed E-state index contributed by atoms with van der Waals surface area (Å²) in [7, 11) is 0. The first-order valence-corrected chi connectivity index (χ1v) is 3.72. The number of anilines is 1. The number of carbonyl (C=O) groups is 1. The first kappa shape index (κ1) is 8.36. The summed E-state index contributed by atoms with van der Waals surface area (Å²) >= 11 is 0. The zero-order chi connectivity index (χ0) is 10.1. The first-order valence-electron chi connectivity index (χ1n) is 3.72. The summed E-state index contributed by atoms with van der Waals surface area (Å²) in [5.74, 6) is -1.12. The number of nitrogens with two attached hydrogens (primary N) is 1. The highest BCUT2D eigenvalue weighted by Crippen LogP contribution is 2.26. The molecule has 72 valence electrons. The topological polar surface area (TPSA) is 102 Å². The molecule has 6 nitrogen and oxygen atoms in total. The number of hydrogen-bond acceptors (Lipinski definition) is 5. The van der Waals surface area contributed by atoms with Crippen molar-refractivity contribution in [1.82, 2.24) is 5.16 Å². The van der Waals surface area contributed by atoms with Crippen LogP contribution in [0.5, 0.6) is 0 Å². The molecule has 14 heavy (non-hydrogen) atoms. The fraction of sp³-hybridized carbons (Fsp3) is 0. The van der Waals surface area contributed by atoms with Crippen LogP contribution in [0.15, 0.2) is 27.3 Å². The number of furan rings is 1. The van der Waals surface area contributed by atoms with E-state index < -0.39 is 5.97 Å². The second-order valence-corrected chi connectivity index (χ2v) is 2.55. The van der Waals surface area contributed by atoms with Crippen LogP contribution in [0.2, 0.25) is 0 Å². The molecule has 0 bridgehead atoms. The average Bonchev–Trinajstić information content (AvgIpc) is 2.70. The standard InChI is InChI=1S/C8H6N2O4/c9-7-5(8(11)12)6(10-14-7)4-2-1-3-13-4/h1-3H,9H2,(H,11,12). The summed E-state index contributed by atoms with van der Waals surface area (Å²) in [6, 6.07) is 3.19. The highest BCUT2D eigenvalue weighted by molar-refractivity contribution is 5.98. The van der Waals surface area contributed by atoms with Crippen molar-refractivity contribution < 1.29 is 18.8 Å². The van der Waals surface area contributed by atoms with Gasteiger partial charge in [-0.3, -0.25) is 0 Å². The summed E-state index contributed by atoms with van der Waals surface area (Å²) in [6.07, 6.45) is 1.41. The Morgan fingerprint density at radius 3 is 2.93 bits per heavy atom. The van der Waals surface area contributed by atoms with E-state index in [1.54, 1.807) is 12.1 Å². The van der Waals surface area contributed by atoms with Crippen LogP contribution in [0.25, 0.3) is 11.5 Å². The fourth-order valence-electron chi connectivity index (χ4n) is 1.09. The van der Waals surface area contributed by atoms with E-state index in [4.69, 9.17) is 15.3 Å². The van der Waals surface area contributed by atoms with Crippen molar-refractivity contribution in [2.24, 2.45) is 0 Å². The summed E-state index contributed by atoms with van der Waals surface area (Å²) in [4.78, 5) is 10.8. The molecular weight excluding hydrogens is 188 g/mol. The molecule has 0 atom stereocenters. The number of aromatic carboxylic acids is 1. The molecule has 0 aromatic carbocycles. The molecule has 0 saturated heterocycles. The normalized spacial score (nSPS) is 10.3. The lowest BCUT2D eigenvalue weighted by molar-refractivity contribution is 0.0698. The monoisotopic (exact) mass is 194 g/mol. The molecule has 2 aromatic rings. The number of nitrogens with zero attached hydrogens (tertiary/aromatic N) is 1. The Kier molecular flexibility index (Phi) is 1.74. The molecule has 2 rings (SSSR count). The second-order valence-electron chi connectivity index (χ2n) is 2.55. The lowest BCUT2D eigenvalue weighted by Gasteiger charge is -1.91. The van der Waals surface area contributed by atoms with Crippen LogP contribution < -0.4 is 5.73 Å². The van der Waals surface area contributed by atoms with Crippen molar-refractivity contribution in [2.45, 2.75) is 0 Å². The summed E-state index contributed by atoms with van der Waals surface area (Å²) in [6.45, 7) is 0. The number of aromatic nitrogens is 1. The molecule has 6 heteroatoms. The third kappa shape index (κ3) is 1.13. The molecule has 0 saturated carbocycles.